The minimum atomic E-state index is -1.63. The van der Waals surface area contributed by atoms with Gasteiger partial charge in [-0.3, -0.25) is 0 Å². The van der Waals surface area contributed by atoms with Gasteiger partial charge < -0.3 is 9.90 Å². The lowest BCUT2D eigenvalue weighted by molar-refractivity contribution is -0.298. The molecule has 0 saturated heterocycles. The van der Waals surface area contributed by atoms with Crippen molar-refractivity contribution in [3.05, 3.63) is 39.6 Å². The molecule has 0 N–H and O–H groups in total. The molecule has 0 radical (unpaired) electrons. The summed E-state index contributed by atoms with van der Waals surface area (Å²) in [7, 11) is 0. The highest BCUT2D eigenvalue weighted by Crippen LogP contribution is 2.17. The Kier molecular flexibility index (Phi) is 3.58. The maximum atomic E-state index is 13.1. The molecule has 1 rings (SSSR count). The topological polar surface area (TPSA) is 63.9 Å². The molecule has 0 aliphatic carbocycles. The molecule has 0 fully saturated rings. The van der Waals surface area contributed by atoms with Gasteiger partial charge in [-0.25, -0.2) is 4.39 Å². The molecule has 0 saturated carbocycles. The van der Waals surface area contributed by atoms with Gasteiger partial charge in [-0.2, -0.15) is 5.26 Å². The van der Waals surface area contributed by atoms with E-state index in [9.17, 15) is 14.3 Å². The average molecular weight is 269 g/mol. The maximum absolute atomic E-state index is 13.1. The number of carbonyl (C=O) groups excluding carboxylic acids is 1. The van der Waals surface area contributed by atoms with E-state index >= 15 is 0 Å². The quantitative estimate of drug-likeness (QED) is 0.599. The van der Waals surface area contributed by atoms with E-state index in [1.165, 1.54) is 24.3 Å². The van der Waals surface area contributed by atoms with Crippen molar-refractivity contribution in [1.29, 1.82) is 5.26 Å². The fraction of sp³-hybridized carbons (Fsp3) is 0. The summed E-state index contributed by atoms with van der Waals surface area (Å²) in [5, 5.41) is 18.8. The van der Waals surface area contributed by atoms with Crippen molar-refractivity contribution in [2.24, 2.45) is 0 Å². The fourth-order valence-electron chi connectivity index (χ4n) is 0.918. The van der Waals surface area contributed by atoms with Crippen molar-refractivity contribution in [1.82, 2.24) is 0 Å². The van der Waals surface area contributed by atoms with Crippen molar-refractivity contribution in [3.63, 3.8) is 0 Å². The number of carbonyl (C=O) groups is 1. The molecule has 0 aliphatic heterocycles. The summed E-state index contributed by atoms with van der Waals surface area (Å²) >= 11 is 3.10. The van der Waals surface area contributed by atoms with Crippen LogP contribution in [0.15, 0.2) is 28.2 Å². The summed E-state index contributed by atoms with van der Waals surface area (Å²) in [6.07, 6.45) is 0.926. The van der Waals surface area contributed by atoms with Crippen LogP contribution in [-0.2, 0) is 4.79 Å². The lowest BCUT2D eigenvalue weighted by Crippen LogP contribution is -2.23. The third-order valence-corrected chi connectivity index (χ3v) is 2.09. The van der Waals surface area contributed by atoms with Gasteiger partial charge in [0, 0.05) is 10.0 Å². The lowest BCUT2D eigenvalue weighted by atomic mass is 10.1. The third kappa shape index (κ3) is 2.89. The smallest absolute Gasteiger partial charge is 0.130 e. The molecule has 1 aromatic rings. The molecule has 0 spiro atoms. The first kappa shape index (κ1) is 11.4. The summed E-state index contributed by atoms with van der Waals surface area (Å²) < 4.78 is 13.7. The first-order chi connectivity index (χ1) is 7.04. The van der Waals surface area contributed by atoms with Gasteiger partial charge in [0.1, 0.15) is 11.9 Å². The first-order valence-electron chi connectivity index (χ1n) is 3.83. The van der Waals surface area contributed by atoms with Crippen LogP contribution in [0, 0.1) is 17.1 Å². The summed E-state index contributed by atoms with van der Waals surface area (Å²) in [5.74, 6) is -2.23. The number of carboxylic acids is 1. The second-order valence-corrected chi connectivity index (χ2v) is 3.54. The van der Waals surface area contributed by atoms with E-state index in [4.69, 9.17) is 5.26 Å². The average Bonchev–Trinajstić information content (AvgIpc) is 2.18. The SMILES string of the molecule is N#C/C(=C\c1cc(Br)ccc1F)C(=O)[O-]. The second-order valence-electron chi connectivity index (χ2n) is 2.62. The fourth-order valence-corrected chi connectivity index (χ4v) is 1.30. The number of nitriles is 1. The summed E-state index contributed by atoms with van der Waals surface area (Å²) in [6.45, 7) is 0. The molecule has 5 heteroatoms. The highest BCUT2D eigenvalue weighted by Gasteiger charge is 2.03. The molecule has 0 atom stereocenters. The van der Waals surface area contributed by atoms with Crippen LogP contribution in [-0.4, -0.2) is 5.97 Å². The largest absolute Gasteiger partial charge is 0.544 e. The molecule has 0 unspecified atom stereocenters. The Balaban J connectivity index is 3.23. The summed E-state index contributed by atoms with van der Waals surface area (Å²) in [4.78, 5) is 10.4. The van der Waals surface area contributed by atoms with Gasteiger partial charge in [-0.05, 0) is 24.3 Å². The molecule has 3 nitrogen and oxygen atoms in total. The van der Waals surface area contributed by atoms with Crippen LogP contribution in [0.1, 0.15) is 5.56 Å². The zero-order valence-corrected chi connectivity index (χ0v) is 8.92. The number of carboxylic acid groups (broad SMARTS) is 1. The Labute approximate surface area is 93.6 Å². The van der Waals surface area contributed by atoms with Crippen molar-refractivity contribution < 1.29 is 14.3 Å². The molecule has 0 aromatic heterocycles. The predicted octanol–water partition coefficient (Wildman–Crippen LogP) is 1.25. The van der Waals surface area contributed by atoms with Crippen molar-refractivity contribution in [3.8, 4) is 6.07 Å². The minimum absolute atomic E-state index is 0.0186. The molecule has 76 valence electrons. The molecule has 0 bridgehead atoms. The van der Waals surface area contributed by atoms with Crippen LogP contribution in [0.3, 0.4) is 0 Å². The standard InChI is InChI=1S/C10H5BrFNO2/c11-8-1-2-9(12)6(4-8)3-7(5-13)10(14)15/h1-4H,(H,14,15)/p-1/b7-3+. The maximum Gasteiger partial charge on any atom is 0.130 e. The van der Waals surface area contributed by atoms with Crippen molar-refractivity contribution >= 4 is 28.0 Å². The Morgan fingerprint density at radius 1 is 1.60 bits per heavy atom. The van der Waals surface area contributed by atoms with Gasteiger partial charge in [0.05, 0.1) is 11.5 Å². The van der Waals surface area contributed by atoms with Crippen LogP contribution in [0.4, 0.5) is 4.39 Å². The zero-order valence-electron chi connectivity index (χ0n) is 7.33. The van der Waals surface area contributed by atoms with Gasteiger partial charge in [-0.1, -0.05) is 15.9 Å². The van der Waals surface area contributed by atoms with Crippen LogP contribution in [0.5, 0.6) is 0 Å². The Morgan fingerprint density at radius 3 is 2.80 bits per heavy atom. The van der Waals surface area contributed by atoms with E-state index in [2.05, 4.69) is 15.9 Å². The van der Waals surface area contributed by atoms with E-state index in [-0.39, 0.29) is 5.56 Å². The lowest BCUT2D eigenvalue weighted by Gasteiger charge is -2.01. The number of benzene rings is 1. The van der Waals surface area contributed by atoms with E-state index < -0.39 is 17.4 Å². The molecule has 15 heavy (non-hydrogen) atoms. The van der Waals surface area contributed by atoms with E-state index in [1.807, 2.05) is 0 Å². The molecule has 1 aromatic carbocycles. The molecular weight excluding hydrogens is 265 g/mol. The van der Waals surface area contributed by atoms with Crippen molar-refractivity contribution in [2.45, 2.75) is 0 Å². The van der Waals surface area contributed by atoms with E-state index in [0.717, 1.165) is 6.08 Å². The van der Waals surface area contributed by atoms with Crippen LogP contribution >= 0.6 is 15.9 Å². The van der Waals surface area contributed by atoms with E-state index in [0.29, 0.717) is 4.47 Å². The molecule has 0 aliphatic rings. The first-order valence-corrected chi connectivity index (χ1v) is 4.62. The van der Waals surface area contributed by atoms with Gasteiger partial charge in [0.15, 0.2) is 0 Å². The Bertz CT molecular complexity index is 477. The Hall–Kier alpha value is -1.67. The minimum Gasteiger partial charge on any atom is -0.544 e. The molecule has 0 heterocycles. The number of halogens is 2. The third-order valence-electron chi connectivity index (χ3n) is 1.60. The normalized spacial score (nSPS) is 10.9. The number of aliphatic carboxylic acids is 1. The monoisotopic (exact) mass is 268 g/mol. The van der Waals surface area contributed by atoms with Crippen LogP contribution in [0.25, 0.3) is 6.08 Å². The highest BCUT2D eigenvalue weighted by atomic mass is 79.9. The Morgan fingerprint density at radius 2 is 2.27 bits per heavy atom. The number of rotatable bonds is 2. The predicted molar refractivity (Wildman–Crippen MR) is 52.7 cm³/mol. The highest BCUT2D eigenvalue weighted by molar-refractivity contribution is 9.10. The number of hydrogen-bond donors (Lipinski definition) is 0. The van der Waals surface area contributed by atoms with Crippen LogP contribution < -0.4 is 5.11 Å². The van der Waals surface area contributed by atoms with Gasteiger partial charge >= 0.3 is 0 Å². The number of nitrogens with zero attached hydrogens (tertiary/aromatic N) is 1. The zero-order chi connectivity index (χ0) is 11.4. The molecule has 0 amide bonds. The van der Waals surface area contributed by atoms with Crippen LogP contribution in [0.2, 0.25) is 0 Å². The van der Waals surface area contributed by atoms with Gasteiger partial charge in [0.25, 0.3) is 0 Å². The second kappa shape index (κ2) is 4.71. The van der Waals surface area contributed by atoms with Gasteiger partial charge in [0.2, 0.25) is 0 Å². The molecular formula is C10H4BrFNO2-. The van der Waals surface area contributed by atoms with E-state index in [1.54, 1.807) is 0 Å². The summed E-state index contributed by atoms with van der Waals surface area (Å²) in [6, 6.07) is 5.42. The van der Waals surface area contributed by atoms with Crippen molar-refractivity contribution in [2.75, 3.05) is 0 Å². The summed E-state index contributed by atoms with van der Waals surface area (Å²) in [5.41, 5.74) is -0.600. The van der Waals surface area contributed by atoms with Gasteiger partial charge in [-0.15, -0.1) is 0 Å². The number of hydrogen-bond acceptors (Lipinski definition) is 3.